The first-order valence-corrected chi connectivity index (χ1v) is 11.9. The summed E-state index contributed by atoms with van der Waals surface area (Å²) in [4.78, 5) is 28.3. The normalized spacial score (nSPS) is 19.8. The van der Waals surface area contributed by atoms with Crippen molar-refractivity contribution in [2.24, 2.45) is 5.41 Å². The van der Waals surface area contributed by atoms with Crippen LogP contribution in [0.2, 0.25) is 0 Å². The number of carbonyl (C=O) groups is 2. The molecule has 174 valence electrons. The van der Waals surface area contributed by atoms with E-state index in [1.165, 1.54) is 11.1 Å². The molecule has 0 saturated heterocycles. The van der Waals surface area contributed by atoms with Gasteiger partial charge in [-0.05, 0) is 48.3 Å². The molecule has 0 saturated carbocycles. The van der Waals surface area contributed by atoms with Crippen molar-refractivity contribution in [3.63, 3.8) is 0 Å². The Kier molecular flexibility index (Phi) is 6.87. The molecule has 1 N–H and O–H groups in total. The van der Waals surface area contributed by atoms with Crippen molar-refractivity contribution in [3.05, 3.63) is 82.6 Å². The van der Waals surface area contributed by atoms with E-state index in [4.69, 9.17) is 4.74 Å². The van der Waals surface area contributed by atoms with E-state index in [-0.39, 0.29) is 17.3 Å². The fraction of sp³-hybridized carbons (Fsp3) is 0.429. The lowest BCUT2D eigenvalue weighted by Crippen LogP contribution is -2.45. The molecule has 2 aromatic carbocycles. The number of carbonyl (C=O) groups excluding carboxylic acids is 2. The second-order valence-corrected chi connectivity index (χ2v) is 9.74. The number of hydrogen-bond acceptors (Lipinski definition) is 4. The van der Waals surface area contributed by atoms with Crippen molar-refractivity contribution in [3.8, 4) is 0 Å². The predicted molar refractivity (Wildman–Crippen MR) is 130 cm³/mol. The first kappa shape index (κ1) is 23.1. The molecular weight excluding hydrogens is 412 g/mol. The molecule has 4 rings (SSSR count). The van der Waals surface area contributed by atoms with Crippen LogP contribution in [0.5, 0.6) is 0 Å². The van der Waals surface area contributed by atoms with E-state index in [2.05, 4.69) is 37.4 Å². The maximum absolute atomic E-state index is 13.6. The van der Waals surface area contributed by atoms with Gasteiger partial charge < -0.3 is 10.1 Å². The van der Waals surface area contributed by atoms with Crippen molar-refractivity contribution in [2.45, 2.75) is 52.5 Å². The van der Waals surface area contributed by atoms with Gasteiger partial charge in [0.15, 0.2) is 5.78 Å². The monoisotopic (exact) mass is 446 g/mol. The van der Waals surface area contributed by atoms with Crippen LogP contribution in [-0.2, 0) is 22.4 Å². The van der Waals surface area contributed by atoms with E-state index in [9.17, 15) is 9.59 Å². The van der Waals surface area contributed by atoms with Crippen LogP contribution in [-0.4, -0.2) is 36.5 Å². The molecule has 33 heavy (non-hydrogen) atoms. The SMILES string of the molecule is CCOC(=O)N1CCc2ccccc2C1C1=C(NCCc2ccccc2)CC(C)(C)CC1=O. The Morgan fingerprint density at radius 2 is 1.82 bits per heavy atom. The van der Waals surface area contributed by atoms with E-state index >= 15 is 0 Å². The van der Waals surface area contributed by atoms with Crippen LogP contribution in [0.15, 0.2) is 65.9 Å². The molecule has 5 nitrogen and oxygen atoms in total. The minimum absolute atomic E-state index is 0.115. The second kappa shape index (κ2) is 9.82. The molecule has 5 heteroatoms. The summed E-state index contributed by atoms with van der Waals surface area (Å²) in [7, 11) is 0. The number of Topliss-reactive ketones (excluding diaryl/α,β-unsaturated/α-hetero) is 1. The summed E-state index contributed by atoms with van der Waals surface area (Å²) < 4.78 is 5.40. The second-order valence-electron chi connectivity index (χ2n) is 9.74. The van der Waals surface area contributed by atoms with Gasteiger partial charge in [-0.3, -0.25) is 9.69 Å². The fourth-order valence-electron chi connectivity index (χ4n) is 5.09. The number of amides is 1. The van der Waals surface area contributed by atoms with Crippen molar-refractivity contribution >= 4 is 11.9 Å². The van der Waals surface area contributed by atoms with Gasteiger partial charge in [0.05, 0.1) is 12.6 Å². The Morgan fingerprint density at radius 1 is 1.09 bits per heavy atom. The number of benzene rings is 2. The maximum atomic E-state index is 13.6. The number of fused-ring (bicyclic) bond motifs is 1. The largest absolute Gasteiger partial charge is 0.450 e. The maximum Gasteiger partial charge on any atom is 0.410 e. The molecule has 1 atom stereocenters. The molecule has 2 aliphatic rings. The average Bonchev–Trinajstić information content (AvgIpc) is 2.79. The Bertz CT molecular complexity index is 1040. The zero-order valence-corrected chi connectivity index (χ0v) is 19.9. The zero-order chi connectivity index (χ0) is 23.4. The number of nitrogens with zero attached hydrogens (tertiary/aromatic N) is 1. The molecule has 1 aliphatic heterocycles. The minimum Gasteiger partial charge on any atom is -0.450 e. The Labute approximate surface area is 196 Å². The lowest BCUT2D eigenvalue weighted by atomic mass is 9.72. The molecule has 1 amide bonds. The topological polar surface area (TPSA) is 58.6 Å². The molecule has 0 aromatic heterocycles. The Hall–Kier alpha value is -3.08. The van der Waals surface area contributed by atoms with Crippen LogP contribution >= 0.6 is 0 Å². The van der Waals surface area contributed by atoms with E-state index < -0.39 is 6.04 Å². The van der Waals surface area contributed by atoms with E-state index in [0.717, 1.165) is 42.6 Å². The van der Waals surface area contributed by atoms with Crippen molar-refractivity contribution in [2.75, 3.05) is 19.7 Å². The van der Waals surface area contributed by atoms with Crippen LogP contribution in [0.25, 0.3) is 0 Å². The summed E-state index contributed by atoms with van der Waals surface area (Å²) in [5.74, 6) is 0.115. The number of nitrogens with one attached hydrogen (secondary N) is 1. The summed E-state index contributed by atoms with van der Waals surface area (Å²) in [5.41, 5.74) is 5.04. The van der Waals surface area contributed by atoms with E-state index in [0.29, 0.717) is 19.6 Å². The molecule has 0 radical (unpaired) electrons. The Balaban J connectivity index is 1.73. The summed E-state index contributed by atoms with van der Waals surface area (Å²) in [6.45, 7) is 7.68. The van der Waals surface area contributed by atoms with Gasteiger partial charge in [-0.2, -0.15) is 0 Å². The van der Waals surface area contributed by atoms with Crippen molar-refractivity contribution in [1.82, 2.24) is 10.2 Å². The average molecular weight is 447 g/mol. The van der Waals surface area contributed by atoms with E-state index in [1.807, 2.05) is 43.3 Å². The van der Waals surface area contributed by atoms with Gasteiger partial charge >= 0.3 is 6.09 Å². The quantitative estimate of drug-likeness (QED) is 0.661. The molecule has 1 heterocycles. The lowest BCUT2D eigenvalue weighted by Gasteiger charge is -2.42. The summed E-state index contributed by atoms with van der Waals surface area (Å²) in [5, 5.41) is 3.61. The number of rotatable bonds is 6. The number of hydrogen-bond donors (Lipinski definition) is 1. The first-order chi connectivity index (χ1) is 15.9. The third-order valence-corrected chi connectivity index (χ3v) is 6.57. The van der Waals surface area contributed by atoms with Crippen molar-refractivity contribution < 1.29 is 14.3 Å². The van der Waals surface area contributed by atoms with Crippen LogP contribution in [0.4, 0.5) is 4.79 Å². The van der Waals surface area contributed by atoms with Gasteiger partial charge in [0.1, 0.15) is 0 Å². The highest BCUT2D eigenvalue weighted by molar-refractivity contribution is 5.99. The molecule has 2 aromatic rings. The smallest absolute Gasteiger partial charge is 0.410 e. The van der Waals surface area contributed by atoms with Crippen LogP contribution in [0, 0.1) is 5.41 Å². The molecule has 1 aliphatic carbocycles. The third-order valence-electron chi connectivity index (χ3n) is 6.57. The number of ether oxygens (including phenoxy) is 1. The van der Waals surface area contributed by atoms with Crippen LogP contribution in [0.1, 0.15) is 56.3 Å². The standard InChI is InChI=1S/C28H34N2O3/c1-4-33-27(32)30-17-15-21-12-8-9-13-22(21)26(30)25-23(18-28(2,3)19-24(25)31)29-16-14-20-10-6-5-7-11-20/h5-13,26,29H,4,14-19H2,1-3H3. The number of ketones is 1. The minimum atomic E-state index is -0.420. The van der Waals surface area contributed by atoms with Crippen LogP contribution in [0.3, 0.4) is 0 Å². The van der Waals surface area contributed by atoms with Gasteiger partial charge in [-0.25, -0.2) is 4.79 Å². The zero-order valence-electron chi connectivity index (χ0n) is 19.9. The highest BCUT2D eigenvalue weighted by Gasteiger charge is 2.42. The molecule has 0 fully saturated rings. The van der Waals surface area contributed by atoms with E-state index in [1.54, 1.807) is 4.90 Å². The predicted octanol–water partition coefficient (Wildman–Crippen LogP) is 5.22. The summed E-state index contributed by atoms with van der Waals surface area (Å²) in [6.07, 6.45) is 2.52. The molecule has 1 unspecified atom stereocenters. The summed E-state index contributed by atoms with van der Waals surface area (Å²) in [6, 6.07) is 18.1. The number of allylic oxidation sites excluding steroid dienone is 1. The van der Waals surface area contributed by atoms with Crippen LogP contribution < -0.4 is 5.32 Å². The van der Waals surface area contributed by atoms with Crippen molar-refractivity contribution in [1.29, 1.82) is 0 Å². The highest BCUT2D eigenvalue weighted by Crippen LogP contribution is 2.44. The van der Waals surface area contributed by atoms with Gasteiger partial charge in [0, 0.05) is 30.8 Å². The van der Waals surface area contributed by atoms with Gasteiger partial charge in [0.2, 0.25) is 0 Å². The lowest BCUT2D eigenvalue weighted by molar-refractivity contribution is -0.118. The van der Waals surface area contributed by atoms with Gasteiger partial charge in [-0.1, -0.05) is 68.4 Å². The summed E-state index contributed by atoms with van der Waals surface area (Å²) >= 11 is 0. The molecular formula is C28H34N2O3. The van der Waals surface area contributed by atoms with Gasteiger partial charge in [0.25, 0.3) is 0 Å². The Morgan fingerprint density at radius 3 is 2.58 bits per heavy atom. The third kappa shape index (κ3) is 5.13. The first-order valence-electron chi connectivity index (χ1n) is 11.9. The molecule has 0 bridgehead atoms. The highest BCUT2D eigenvalue weighted by atomic mass is 16.6. The molecule has 0 spiro atoms. The fourth-order valence-corrected chi connectivity index (χ4v) is 5.09. The van der Waals surface area contributed by atoms with Gasteiger partial charge in [-0.15, -0.1) is 0 Å².